The van der Waals surface area contributed by atoms with Crippen LogP contribution in [0.3, 0.4) is 0 Å². The van der Waals surface area contributed by atoms with Gasteiger partial charge in [0.1, 0.15) is 5.52 Å². The predicted octanol–water partition coefficient (Wildman–Crippen LogP) is 4.59. The van der Waals surface area contributed by atoms with Crippen LogP contribution in [0.4, 0.5) is 13.2 Å². The molecule has 0 saturated heterocycles. The zero-order valence-corrected chi connectivity index (χ0v) is 17.1. The Morgan fingerprint density at radius 3 is 2.65 bits per heavy atom. The van der Waals surface area contributed by atoms with E-state index in [0.717, 1.165) is 16.6 Å². The van der Waals surface area contributed by atoms with Crippen LogP contribution in [0.15, 0.2) is 49.3 Å². The van der Waals surface area contributed by atoms with E-state index in [1.807, 2.05) is 26.1 Å². The first kappa shape index (κ1) is 21.0. The van der Waals surface area contributed by atoms with Gasteiger partial charge in [0.25, 0.3) is 0 Å². The van der Waals surface area contributed by atoms with E-state index in [0.29, 0.717) is 17.0 Å². The van der Waals surface area contributed by atoms with E-state index in [1.54, 1.807) is 41.7 Å². The van der Waals surface area contributed by atoms with Gasteiger partial charge in [-0.05, 0) is 24.1 Å². The number of fused-ring (bicyclic) bond motifs is 1. The molecule has 0 fully saturated rings. The summed E-state index contributed by atoms with van der Waals surface area (Å²) in [4.78, 5) is 15.9. The number of nitrogens with one attached hydrogen (secondary N) is 2. The van der Waals surface area contributed by atoms with Gasteiger partial charge in [0, 0.05) is 48.2 Å². The molecule has 1 unspecified atom stereocenters. The van der Waals surface area contributed by atoms with Gasteiger partial charge in [-0.15, -0.1) is 0 Å². The third kappa shape index (κ3) is 4.91. The maximum Gasteiger partial charge on any atom is 0.389 e. The normalized spacial score (nSPS) is 13.2. The number of rotatable bonds is 7. The minimum atomic E-state index is -4.19. The van der Waals surface area contributed by atoms with Crippen molar-refractivity contribution in [2.75, 3.05) is 0 Å². The Hall–Kier alpha value is -3.27. The first-order valence-electron chi connectivity index (χ1n) is 9.92. The lowest BCUT2D eigenvalue weighted by Gasteiger charge is -2.22. The summed E-state index contributed by atoms with van der Waals surface area (Å²) in [5.74, 6) is 0.571. The molecule has 4 aromatic rings. The van der Waals surface area contributed by atoms with Gasteiger partial charge in [-0.25, -0.2) is 19.6 Å². The fourth-order valence-corrected chi connectivity index (χ4v) is 3.46. The zero-order chi connectivity index (χ0) is 22.0. The van der Waals surface area contributed by atoms with Crippen molar-refractivity contribution in [3.8, 4) is 16.9 Å². The van der Waals surface area contributed by atoms with Gasteiger partial charge in [0.15, 0.2) is 11.5 Å². The van der Waals surface area contributed by atoms with Crippen molar-refractivity contribution in [1.29, 1.82) is 0 Å². The van der Waals surface area contributed by atoms with Gasteiger partial charge < -0.3 is 10.3 Å². The lowest BCUT2D eigenvalue weighted by molar-refractivity contribution is -0.136. The molecule has 0 radical (unpaired) electrons. The monoisotopic (exact) mass is 429 g/mol. The van der Waals surface area contributed by atoms with E-state index in [4.69, 9.17) is 0 Å². The molecule has 0 bridgehead atoms. The van der Waals surface area contributed by atoms with Gasteiger partial charge in [-0.2, -0.15) is 18.3 Å². The molecular formula is C21H22F3N7. The first-order valence-corrected chi connectivity index (χ1v) is 9.92. The lowest BCUT2D eigenvalue weighted by Crippen LogP contribution is -2.29. The molecule has 162 valence electrons. The molecule has 0 amide bonds. The third-order valence-corrected chi connectivity index (χ3v) is 4.87. The summed E-state index contributed by atoms with van der Waals surface area (Å²) in [6.45, 7) is 3.81. The second kappa shape index (κ2) is 8.46. The number of alkyl halides is 3. The highest BCUT2D eigenvalue weighted by atomic mass is 19.4. The summed E-state index contributed by atoms with van der Waals surface area (Å²) in [5, 5.41) is 7.57. The molecule has 0 aromatic carbocycles. The number of pyridine rings is 2. The fraction of sp³-hybridized carbons (Fsp3) is 0.333. The molecule has 0 aliphatic carbocycles. The standard InChI is InChI=1S/C21H22F3N7/c1-13(2)30-17(5-7-21(22,23)24)14-3-4-18(26-9-14)31-11-15(10-29-31)16-6-8-25-20-19(16)27-12-28-20/h3-4,6,8-13,17,30H,5,7H2,1-2H3,(H,25,27,28). The quantitative estimate of drug-likeness (QED) is 0.449. The number of hydrogen-bond acceptors (Lipinski definition) is 5. The Morgan fingerprint density at radius 1 is 1.10 bits per heavy atom. The van der Waals surface area contributed by atoms with Crippen molar-refractivity contribution in [1.82, 2.24) is 35.0 Å². The van der Waals surface area contributed by atoms with E-state index >= 15 is 0 Å². The molecule has 0 aliphatic heterocycles. The van der Waals surface area contributed by atoms with Crippen LogP contribution >= 0.6 is 0 Å². The second-order valence-electron chi connectivity index (χ2n) is 7.61. The van der Waals surface area contributed by atoms with Crippen molar-refractivity contribution in [2.45, 2.75) is 44.9 Å². The SMILES string of the molecule is CC(C)NC(CCC(F)(F)F)c1ccc(-n2cc(-c3ccnc4[nH]cnc34)cn2)nc1. The Kier molecular flexibility index (Phi) is 5.73. The number of aromatic nitrogens is 6. The maximum atomic E-state index is 12.7. The second-order valence-corrected chi connectivity index (χ2v) is 7.61. The van der Waals surface area contributed by atoms with Crippen molar-refractivity contribution < 1.29 is 13.2 Å². The molecule has 4 heterocycles. The molecule has 1 atom stereocenters. The van der Waals surface area contributed by atoms with E-state index < -0.39 is 18.6 Å². The summed E-state index contributed by atoms with van der Waals surface area (Å²) in [6.07, 6.45) is 3.35. The first-order chi connectivity index (χ1) is 14.8. The molecule has 31 heavy (non-hydrogen) atoms. The van der Waals surface area contributed by atoms with Crippen LogP contribution in [0, 0.1) is 0 Å². The van der Waals surface area contributed by atoms with E-state index in [-0.39, 0.29) is 12.5 Å². The third-order valence-electron chi connectivity index (χ3n) is 4.87. The van der Waals surface area contributed by atoms with Crippen LogP contribution in [0.25, 0.3) is 28.1 Å². The Morgan fingerprint density at radius 2 is 1.94 bits per heavy atom. The smallest absolute Gasteiger partial charge is 0.329 e. The highest BCUT2D eigenvalue weighted by Gasteiger charge is 2.29. The lowest BCUT2D eigenvalue weighted by atomic mass is 10.0. The van der Waals surface area contributed by atoms with Gasteiger partial charge in [-0.3, -0.25) is 0 Å². The number of H-pyrrole nitrogens is 1. The molecule has 0 saturated carbocycles. The number of hydrogen-bond donors (Lipinski definition) is 2. The van der Waals surface area contributed by atoms with Crippen molar-refractivity contribution in [3.05, 3.63) is 54.9 Å². The zero-order valence-electron chi connectivity index (χ0n) is 17.1. The molecule has 0 spiro atoms. The van der Waals surface area contributed by atoms with Crippen molar-refractivity contribution >= 4 is 11.2 Å². The van der Waals surface area contributed by atoms with Gasteiger partial charge in [0.2, 0.25) is 0 Å². The number of aromatic amines is 1. The fourth-order valence-electron chi connectivity index (χ4n) is 3.46. The van der Waals surface area contributed by atoms with Crippen LogP contribution in [-0.4, -0.2) is 41.9 Å². The molecule has 7 nitrogen and oxygen atoms in total. The highest BCUT2D eigenvalue weighted by Crippen LogP contribution is 2.29. The van der Waals surface area contributed by atoms with Crippen molar-refractivity contribution in [2.24, 2.45) is 0 Å². The Labute approximate surface area is 176 Å². The van der Waals surface area contributed by atoms with Crippen molar-refractivity contribution in [3.63, 3.8) is 0 Å². The molecule has 10 heteroatoms. The molecule has 4 rings (SSSR count). The van der Waals surface area contributed by atoms with Crippen LogP contribution in [0.2, 0.25) is 0 Å². The summed E-state index contributed by atoms with van der Waals surface area (Å²) in [6, 6.07) is 5.03. The Bertz CT molecular complexity index is 1150. The molecular weight excluding hydrogens is 407 g/mol. The Balaban J connectivity index is 1.56. The minimum absolute atomic E-state index is 0.0453. The van der Waals surface area contributed by atoms with Gasteiger partial charge in [-0.1, -0.05) is 19.9 Å². The van der Waals surface area contributed by atoms with Gasteiger partial charge in [0.05, 0.1) is 12.5 Å². The average Bonchev–Trinajstić information content (AvgIpc) is 3.40. The topological polar surface area (TPSA) is 84.3 Å². The van der Waals surface area contributed by atoms with Gasteiger partial charge >= 0.3 is 6.18 Å². The maximum absolute atomic E-state index is 12.7. The summed E-state index contributed by atoms with van der Waals surface area (Å²) >= 11 is 0. The van der Waals surface area contributed by atoms with Crippen LogP contribution < -0.4 is 5.32 Å². The average molecular weight is 429 g/mol. The van der Waals surface area contributed by atoms with Crippen LogP contribution in [0.5, 0.6) is 0 Å². The molecule has 2 N–H and O–H groups in total. The summed E-state index contributed by atoms with van der Waals surface area (Å²) in [5.41, 5.74) is 3.90. The number of nitrogens with zero attached hydrogens (tertiary/aromatic N) is 5. The summed E-state index contributed by atoms with van der Waals surface area (Å²) < 4.78 is 39.7. The number of halogens is 3. The van der Waals surface area contributed by atoms with Crippen LogP contribution in [-0.2, 0) is 0 Å². The largest absolute Gasteiger partial charge is 0.389 e. The predicted molar refractivity (Wildman–Crippen MR) is 111 cm³/mol. The number of imidazole rings is 1. The summed E-state index contributed by atoms with van der Waals surface area (Å²) in [7, 11) is 0. The molecule has 4 aromatic heterocycles. The highest BCUT2D eigenvalue weighted by molar-refractivity contribution is 5.88. The molecule has 0 aliphatic rings. The van der Waals surface area contributed by atoms with E-state index in [9.17, 15) is 13.2 Å². The van der Waals surface area contributed by atoms with Crippen LogP contribution in [0.1, 0.15) is 38.3 Å². The van der Waals surface area contributed by atoms with E-state index in [1.165, 1.54) is 0 Å². The minimum Gasteiger partial charge on any atom is -0.329 e. The van der Waals surface area contributed by atoms with E-state index in [2.05, 4.69) is 30.4 Å².